The number of fused-ring (bicyclic) bond motifs is 1. The van der Waals surface area contributed by atoms with Crippen LogP contribution in [0.1, 0.15) is 11.4 Å². The highest BCUT2D eigenvalue weighted by Crippen LogP contribution is 2.30. The van der Waals surface area contributed by atoms with Gasteiger partial charge in [-0.25, -0.2) is 9.37 Å². The van der Waals surface area contributed by atoms with Crippen LogP contribution in [0.25, 0.3) is 16.7 Å². The van der Waals surface area contributed by atoms with Gasteiger partial charge in [0.15, 0.2) is 0 Å². The topological polar surface area (TPSA) is 17.8 Å². The Morgan fingerprint density at radius 1 is 1.24 bits per heavy atom. The molecule has 0 saturated heterocycles. The third-order valence-corrected chi connectivity index (χ3v) is 4.64. The molecular formula is C15H10Br2ClFN2. The zero-order valence-electron chi connectivity index (χ0n) is 11.0. The van der Waals surface area contributed by atoms with Crippen LogP contribution in [0.5, 0.6) is 0 Å². The van der Waals surface area contributed by atoms with E-state index in [0.717, 1.165) is 21.2 Å². The van der Waals surface area contributed by atoms with Crippen LogP contribution >= 0.6 is 43.5 Å². The molecule has 1 heterocycles. The Hall–Kier alpha value is -0.910. The minimum Gasteiger partial charge on any atom is -0.295 e. The van der Waals surface area contributed by atoms with Gasteiger partial charge < -0.3 is 0 Å². The van der Waals surface area contributed by atoms with E-state index >= 15 is 0 Å². The van der Waals surface area contributed by atoms with Gasteiger partial charge in [-0.05, 0) is 46.6 Å². The average Bonchev–Trinajstić information content (AvgIpc) is 2.79. The first-order valence-electron chi connectivity index (χ1n) is 6.20. The lowest BCUT2D eigenvalue weighted by molar-refractivity contribution is 0.623. The Morgan fingerprint density at radius 3 is 2.71 bits per heavy atom. The molecule has 1 aromatic heterocycles. The molecule has 0 fully saturated rings. The van der Waals surface area contributed by atoms with E-state index in [1.807, 2.05) is 29.7 Å². The summed E-state index contributed by atoms with van der Waals surface area (Å²) in [6, 6.07) is 9.15. The molecule has 3 rings (SSSR count). The maximum absolute atomic E-state index is 13.7. The molecule has 0 aliphatic rings. The van der Waals surface area contributed by atoms with E-state index in [1.165, 1.54) is 6.07 Å². The Labute approximate surface area is 143 Å². The van der Waals surface area contributed by atoms with Crippen LogP contribution in [0.15, 0.2) is 39.3 Å². The largest absolute Gasteiger partial charge is 0.295 e. The van der Waals surface area contributed by atoms with E-state index < -0.39 is 0 Å². The summed E-state index contributed by atoms with van der Waals surface area (Å²) in [6.45, 7) is 2.02. The maximum Gasteiger partial charge on any atom is 0.139 e. The molecule has 0 radical (unpaired) electrons. The minimum absolute atomic E-state index is 0.250. The molecule has 0 aliphatic heterocycles. The molecule has 0 amide bonds. The van der Waals surface area contributed by atoms with E-state index in [-0.39, 0.29) is 11.7 Å². The minimum atomic E-state index is -0.334. The van der Waals surface area contributed by atoms with Gasteiger partial charge in [-0.2, -0.15) is 0 Å². The van der Waals surface area contributed by atoms with Crippen LogP contribution in [-0.2, 0) is 5.88 Å². The fourth-order valence-electron chi connectivity index (χ4n) is 2.30. The fraction of sp³-hybridized carbons (Fsp3) is 0.133. The number of hydrogen-bond acceptors (Lipinski definition) is 1. The standard InChI is InChI=1S/C15H10Br2ClFN2/c1-8-2-3-9(16)4-13(8)21-14-5-10(17)11(19)6-12(14)20-15(21)7-18/h2-6H,7H2,1H3. The molecular weight excluding hydrogens is 422 g/mol. The number of benzene rings is 2. The third-order valence-electron chi connectivity index (χ3n) is 3.30. The molecule has 0 N–H and O–H groups in total. The highest BCUT2D eigenvalue weighted by atomic mass is 79.9. The van der Waals surface area contributed by atoms with Crippen molar-refractivity contribution >= 4 is 54.5 Å². The summed E-state index contributed by atoms with van der Waals surface area (Å²) in [5.74, 6) is 0.601. The van der Waals surface area contributed by atoms with E-state index in [4.69, 9.17) is 11.6 Å². The summed E-state index contributed by atoms with van der Waals surface area (Å²) >= 11 is 12.7. The maximum atomic E-state index is 13.7. The van der Waals surface area contributed by atoms with Crippen LogP contribution in [0.3, 0.4) is 0 Å². The van der Waals surface area contributed by atoms with E-state index in [1.54, 1.807) is 6.07 Å². The lowest BCUT2D eigenvalue weighted by Crippen LogP contribution is -2.01. The smallest absolute Gasteiger partial charge is 0.139 e. The average molecular weight is 433 g/mol. The number of nitrogens with zero attached hydrogens (tertiary/aromatic N) is 2. The molecule has 108 valence electrons. The van der Waals surface area contributed by atoms with Gasteiger partial charge in [0.1, 0.15) is 11.6 Å². The lowest BCUT2D eigenvalue weighted by Gasteiger charge is -2.12. The lowest BCUT2D eigenvalue weighted by atomic mass is 10.2. The first-order valence-corrected chi connectivity index (χ1v) is 8.32. The van der Waals surface area contributed by atoms with Gasteiger partial charge in [-0.3, -0.25) is 4.57 Å². The molecule has 2 nitrogen and oxygen atoms in total. The zero-order valence-corrected chi connectivity index (χ0v) is 14.9. The second-order valence-electron chi connectivity index (χ2n) is 4.68. The van der Waals surface area contributed by atoms with Gasteiger partial charge in [0, 0.05) is 10.5 Å². The number of aryl methyl sites for hydroxylation is 1. The van der Waals surface area contributed by atoms with Crippen LogP contribution in [0.4, 0.5) is 4.39 Å². The highest BCUT2D eigenvalue weighted by molar-refractivity contribution is 9.10. The second-order valence-corrected chi connectivity index (χ2v) is 6.72. The van der Waals surface area contributed by atoms with Crippen molar-refractivity contribution in [3.8, 4) is 5.69 Å². The number of imidazole rings is 1. The summed E-state index contributed by atoms with van der Waals surface area (Å²) < 4.78 is 17.0. The molecule has 0 aliphatic carbocycles. The first-order chi connectivity index (χ1) is 10.0. The van der Waals surface area contributed by atoms with Crippen LogP contribution in [-0.4, -0.2) is 9.55 Å². The van der Waals surface area contributed by atoms with Gasteiger partial charge in [0.25, 0.3) is 0 Å². The quantitative estimate of drug-likeness (QED) is 0.473. The number of alkyl halides is 1. The molecule has 6 heteroatoms. The monoisotopic (exact) mass is 430 g/mol. The summed E-state index contributed by atoms with van der Waals surface area (Å²) in [7, 11) is 0. The third kappa shape index (κ3) is 2.62. The molecule has 0 unspecified atom stereocenters. The molecule has 0 atom stereocenters. The SMILES string of the molecule is Cc1ccc(Br)cc1-n1c(CCl)nc2cc(F)c(Br)cc21. The summed E-state index contributed by atoms with van der Waals surface area (Å²) in [5.41, 5.74) is 3.47. The molecule has 0 spiro atoms. The highest BCUT2D eigenvalue weighted by Gasteiger charge is 2.15. The van der Waals surface area contributed by atoms with Crippen molar-refractivity contribution in [1.29, 1.82) is 0 Å². The van der Waals surface area contributed by atoms with Crippen molar-refractivity contribution in [2.75, 3.05) is 0 Å². The number of halogens is 4. The first kappa shape index (κ1) is 15.0. The van der Waals surface area contributed by atoms with E-state index in [0.29, 0.717) is 15.8 Å². The van der Waals surface area contributed by atoms with Crippen molar-refractivity contribution in [3.05, 3.63) is 56.5 Å². The Kier molecular flexibility index (Phi) is 4.08. The van der Waals surface area contributed by atoms with Crippen molar-refractivity contribution in [1.82, 2.24) is 9.55 Å². The van der Waals surface area contributed by atoms with E-state index in [2.05, 4.69) is 36.8 Å². The predicted molar refractivity (Wildman–Crippen MR) is 90.7 cm³/mol. The fourth-order valence-corrected chi connectivity index (χ4v) is 3.16. The molecule has 3 aromatic rings. The Balaban J connectivity index is 2.40. The van der Waals surface area contributed by atoms with Crippen LogP contribution in [0, 0.1) is 12.7 Å². The Morgan fingerprint density at radius 2 is 2.00 bits per heavy atom. The van der Waals surface area contributed by atoms with Crippen molar-refractivity contribution in [3.63, 3.8) is 0 Å². The molecule has 0 saturated carbocycles. The van der Waals surface area contributed by atoms with Crippen LogP contribution < -0.4 is 0 Å². The van der Waals surface area contributed by atoms with Gasteiger partial charge in [-0.1, -0.05) is 22.0 Å². The Bertz CT molecular complexity index is 845. The van der Waals surface area contributed by atoms with Crippen molar-refractivity contribution in [2.45, 2.75) is 12.8 Å². The van der Waals surface area contributed by atoms with E-state index in [9.17, 15) is 4.39 Å². The summed E-state index contributed by atoms with van der Waals surface area (Å²) in [5, 5.41) is 0. The van der Waals surface area contributed by atoms with Gasteiger partial charge in [0.05, 0.1) is 27.1 Å². The van der Waals surface area contributed by atoms with Crippen molar-refractivity contribution in [2.24, 2.45) is 0 Å². The summed E-state index contributed by atoms with van der Waals surface area (Å²) in [6.07, 6.45) is 0. The second kappa shape index (κ2) is 5.71. The number of rotatable bonds is 2. The number of hydrogen-bond donors (Lipinski definition) is 0. The molecule has 2 aromatic carbocycles. The zero-order chi connectivity index (χ0) is 15.1. The predicted octanol–water partition coefficient (Wildman–Crippen LogP) is 5.74. The number of aromatic nitrogens is 2. The van der Waals surface area contributed by atoms with Crippen molar-refractivity contribution < 1.29 is 4.39 Å². The van der Waals surface area contributed by atoms with Gasteiger partial charge in [0.2, 0.25) is 0 Å². The van der Waals surface area contributed by atoms with Crippen LogP contribution in [0.2, 0.25) is 0 Å². The molecule has 21 heavy (non-hydrogen) atoms. The molecule has 0 bridgehead atoms. The summed E-state index contributed by atoms with van der Waals surface area (Å²) in [4.78, 5) is 4.44. The van der Waals surface area contributed by atoms with Gasteiger partial charge in [-0.15, -0.1) is 11.6 Å². The van der Waals surface area contributed by atoms with Gasteiger partial charge >= 0.3 is 0 Å². The normalized spacial score (nSPS) is 11.3.